The van der Waals surface area contributed by atoms with Crippen LogP contribution in [0.3, 0.4) is 0 Å². The minimum Gasteiger partial charge on any atom is -0.492 e. The molecule has 0 fully saturated rings. The second-order valence-corrected chi connectivity index (χ2v) is 4.91. The lowest BCUT2D eigenvalue weighted by molar-refractivity contribution is 0.340. The smallest absolute Gasteiger partial charge is 0.137 e. The van der Waals surface area contributed by atoms with Gasteiger partial charge in [0, 0.05) is 0 Å². The van der Waals surface area contributed by atoms with E-state index in [1.807, 2.05) is 19.1 Å². The maximum Gasteiger partial charge on any atom is 0.137 e. The zero-order chi connectivity index (χ0) is 12.2. The highest BCUT2D eigenvalue weighted by Gasteiger charge is 2.20. The molecule has 1 aromatic carbocycles. The van der Waals surface area contributed by atoms with Crippen LogP contribution in [0.4, 0.5) is 0 Å². The van der Waals surface area contributed by atoms with Crippen LogP contribution in [0, 0.1) is 0 Å². The Kier molecular flexibility index (Phi) is 4.63. The molecule has 0 amide bonds. The van der Waals surface area contributed by atoms with Crippen molar-refractivity contribution in [3.8, 4) is 5.75 Å². The molecule has 0 aliphatic carbocycles. The zero-order valence-corrected chi connectivity index (χ0v) is 11.0. The fourth-order valence-corrected chi connectivity index (χ4v) is 1.93. The number of hydrogen-bond donors (Lipinski definition) is 1. The molecule has 1 rings (SSSR count). The van der Waals surface area contributed by atoms with Crippen molar-refractivity contribution >= 4 is 11.6 Å². The van der Waals surface area contributed by atoms with Crippen LogP contribution in [0.25, 0.3) is 0 Å². The van der Waals surface area contributed by atoms with Crippen LogP contribution in [0.2, 0.25) is 5.02 Å². The number of rotatable bonds is 5. The van der Waals surface area contributed by atoms with Crippen LogP contribution >= 0.6 is 11.6 Å². The van der Waals surface area contributed by atoms with E-state index < -0.39 is 0 Å². The Morgan fingerprint density at radius 1 is 1.38 bits per heavy atom. The summed E-state index contributed by atoms with van der Waals surface area (Å²) >= 11 is 6.16. The van der Waals surface area contributed by atoms with Gasteiger partial charge in [0.05, 0.1) is 11.6 Å². The molecule has 0 aliphatic heterocycles. The van der Waals surface area contributed by atoms with Crippen molar-refractivity contribution in [2.24, 2.45) is 5.73 Å². The van der Waals surface area contributed by atoms with E-state index in [4.69, 9.17) is 22.1 Å². The SMILES string of the molecule is CCOc1ccc(C(C)(C)CCN)cc1Cl. The van der Waals surface area contributed by atoms with Gasteiger partial charge in [-0.3, -0.25) is 0 Å². The first-order chi connectivity index (χ1) is 7.51. The Bertz CT molecular complexity index is 350. The Morgan fingerprint density at radius 3 is 2.56 bits per heavy atom. The molecule has 3 heteroatoms. The molecule has 16 heavy (non-hydrogen) atoms. The van der Waals surface area contributed by atoms with E-state index in [1.54, 1.807) is 0 Å². The van der Waals surface area contributed by atoms with E-state index in [1.165, 1.54) is 5.56 Å². The molecule has 0 unspecified atom stereocenters. The van der Waals surface area contributed by atoms with Crippen LogP contribution in [0.15, 0.2) is 18.2 Å². The minimum atomic E-state index is 0.0587. The van der Waals surface area contributed by atoms with Crippen molar-refractivity contribution in [2.45, 2.75) is 32.6 Å². The second kappa shape index (κ2) is 5.55. The third-order valence-corrected chi connectivity index (χ3v) is 3.08. The normalized spacial score (nSPS) is 11.6. The molecule has 2 nitrogen and oxygen atoms in total. The summed E-state index contributed by atoms with van der Waals surface area (Å²) in [7, 11) is 0. The molecule has 2 N–H and O–H groups in total. The topological polar surface area (TPSA) is 35.2 Å². The first kappa shape index (κ1) is 13.3. The van der Waals surface area contributed by atoms with E-state index in [9.17, 15) is 0 Å². The van der Waals surface area contributed by atoms with Crippen molar-refractivity contribution in [1.82, 2.24) is 0 Å². The molecule has 0 spiro atoms. The van der Waals surface area contributed by atoms with Gasteiger partial charge in [0.1, 0.15) is 5.75 Å². The maximum atomic E-state index is 6.16. The summed E-state index contributed by atoms with van der Waals surface area (Å²) in [6.07, 6.45) is 0.942. The highest BCUT2D eigenvalue weighted by molar-refractivity contribution is 6.32. The van der Waals surface area contributed by atoms with E-state index in [2.05, 4.69) is 19.9 Å². The Labute approximate surface area is 103 Å². The summed E-state index contributed by atoms with van der Waals surface area (Å²) < 4.78 is 5.41. The van der Waals surface area contributed by atoms with E-state index in [-0.39, 0.29) is 5.41 Å². The Hall–Kier alpha value is -0.730. The van der Waals surface area contributed by atoms with Crippen molar-refractivity contribution in [2.75, 3.05) is 13.2 Å². The molecular formula is C13H20ClNO. The summed E-state index contributed by atoms with van der Waals surface area (Å²) in [5, 5.41) is 0.671. The van der Waals surface area contributed by atoms with E-state index in [0.717, 1.165) is 12.2 Å². The first-order valence-electron chi connectivity index (χ1n) is 5.64. The molecule has 0 saturated carbocycles. The molecule has 1 aromatic rings. The lowest BCUT2D eigenvalue weighted by atomic mass is 9.81. The van der Waals surface area contributed by atoms with Crippen molar-refractivity contribution < 1.29 is 4.74 Å². The highest BCUT2D eigenvalue weighted by atomic mass is 35.5. The average Bonchev–Trinajstić information content (AvgIpc) is 2.21. The first-order valence-corrected chi connectivity index (χ1v) is 6.02. The van der Waals surface area contributed by atoms with Gasteiger partial charge in [-0.1, -0.05) is 31.5 Å². The van der Waals surface area contributed by atoms with Gasteiger partial charge in [0.25, 0.3) is 0 Å². The number of hydrogen-bond acceptors (Lipinski definition) is 2. The number of benzene rings is 1. The molecule has 0 bridgehead atoms. The van der Waals surface area contributed by atoms with Gasteiger partial charge in [-0.05, 0) is 43.0 Å². The molecule has 0 aliphatic rings. The van der Waals surface area contributed by atoms with Crippen LogP contribution < -0.4 is 10.5 Å². The number of halogens is 1. The van der Waals surface area contributed by atoms with Gasteiger partial charge >= 0.3 is 0 Å². The standard InChI is InChI=1S/C13H20ClNO/c1-4-16-12-6-5-10(9-11(12)14)13(2,3)7-8-15/h5-6,9H,4,7-8,15H2,1-3H3. The molecule has 0 heterocycles. The summed E-state index contributed by atoms with van der Waals surface area (Å²) in [5.41, 5.74) is 6.87. The summed E-state index contributed by atoms with van der Waals surface area (Å²) in [4.78, 5) is 0. The summed E-state index contributed by atoms with van der Waals surface area (Å²) in [6, 6.07) is 5.97. The highest BCUT2D eigenvalue weighted by Crippen LogP contribution is 2.33. The van der Waals surface area contributed by atoms with E-state index >= 15 is 0 Å². The quantitative estimate of drug-likeness (QED) is 0.858. The largest absolute Gasteiger partial charge is 0.492 e. The minimum absolute atomic E-state index is 0.0587. The van der Waals surface area contributed by atoms with Gasteiger partial charge in [-0.25, -0.2) is 0 Å². The van der Waals surface area contributed by atoms with Gasteiger partial charge in [-0.2, -0.15) is 0 Å². The fraction of sp³-hybridized carbons (Fsp3) is 0.538. The number of nitrogens with two attached hydrogens (primary N) is 1. The maximum absolute atomic E-state index is 6.16. The lowest BCUT2D eigenvalue weighted by Gasteiger charge is -2.25. The Balaban J connectivity index is 2.96. The predicted molar refractivity (Wildman–Crippen MR) is 69.3 cm³/mol. The third-order valence-electron chi connectivity index (χ3n) is 2.78. The molecule has 90 valence electrons. The molecule has 0 radical (unpaired) electrons. The summed E-state index contributed by atoms with van der Waals surface area (Å²) in [5.74, 6) is 0.747. The van der Waals surface area contributed by atoms with Crippen LogP contribution in [0.5, 0.6) is 5.75 Å². The predicted octanol–water partition coefficient (Wildman–Crippen LogP) is 3.37. The average molecular weight is 242 g/mol. The van der Waals surface area contributed by atoms with Gasteiger partial charge in [-0.15, -0.1) is 0 Å². The molecule has 0 saturated heterocycles. The lowest BCUT2D eigenvalue weighted by Crippen LogP contribution is -2.21. The zero-order valence-electron chi connectivity index (χ0n) is 10.2. The Morgan fingerprint density at radius 2 is 2.06 bits per heavy atom. The van der Waals surface area contributed by atoms with Crippen LogP contribution in [-0.2, 0) is 5.41 Å². The fourth-order valence-electron chi connectivity index (χ4n) is 1.70. The van der Waals surface area contributed by atoms with E-state index in [0.29, 0.717) is 18.2 Å². The van der Waals surface area contributed by atoms with Crippen molar-refractivity contribution in [3.63, 3.8) is 0 Å². The molecule has 0 atom stereocenters. The van der Waals surface area contributed by atoms with Gasteiger partial charge < -0.3 is 10.5 Å². The second-order valence-electron chi connectivity index (χ2n) is 4.50. The van der Waals surface area contributed by atoms with Crippen LogP contribution in [-0.4, -0.2) is 13.2 Å². The monoisotopic (exact) mass is 241 g/mol. The molecule has 0 aromatic heterocycles. The number of ether oxygens (including phenoxy) is 1. The van der Waals surface area contributed by atoms with Gasteiger partial charge in [0.2, 0.25) is 0 Å². The summed E-state index contributed by atoms with van der Waals surface area (Å²) in [6.45, 7) is 7.60. The molecular weight excluding hydrogens is 222 g/mol. The van der Waals surface area contributed by atoms with Crippen molar-refractivity contribution in [3.05, 3.63) is 28.8 Å². The van der Waals surface area contributed by atoms with Gasteiger partial charge in [0.15, 0.2) is 0 Å². The van der Waals surface area contributed by atoms with Crippen LogP contribution in [0.1, 0.15) is 32.8 Å². The van der Waals surface area contributed by atoms with Crippen molar-refractivity contribution in [1.29, 1.82) is 0 Å². The third kappa shape index (κ3) is 3.13.